The fourth-order valence-corrected chi connectivity index (χ4v) is 3.50. The number of aromatic nitrogens is 4. The molecule has 3 heterocycles. The molecule has 2 aromatic heterocycles. The molecule has 130 valence electrons. The van der Waals surface area contributed by atoms with Gasteiger partial charge in [-0.2, -0.15) is 10.2 Å². The van der Waals surface area contributed by atoms with Gasteiger partial charge in [0.05, 0.1) is 6.20 Å². The zero-order chi connectivity index (χ0) is 16.9. The summed E-state index contributed by atoms with van der Waals surface area (Å²) < 4.78 is 3.63. The minimum absolute atomic E-state index is 0.0581. The second-order valence-electron chi connectivity index (χ2n) is 6.58. The van der Waals surface area contributed by atoms with Crippen LogP contribution in [0.15, 0.2) is 24.7 Å². The predicted octanol–water partition coefficient (Wildman–Crippen LogP) is 1.74. The van der Waals surface area contributed by atoms with Gasteiger partial charge in [-0.15, -0.1) is 0 Å². The average molecular weight is 331 g/mol. The molecular formula is C17H25N5O2. The molecule has 0 bridgehead atoms. The quantitative estimate of drug-likeness (QED) is 0.836. The number of carboxylic acids is 1. The van der Waals surface area contributed by atoms with E-state index < -0.39 is 5.97 Å². The van der Waals surface area contributed by atoms with Gasteiger partial charge >= 0.3 is 5.97 Å². The normalized spacial score (nSPS) is 18.8. The van der Waals surface area contributed by atoms with Crippen molar-refractivity contribution in [3.8, 4) is 0 Å². The van der Waals surface area contributed by atoms with Gasteiger partial charge in [0.2, 0.25) is 0 Å². The van der Waals surface area contributed by atoms with Crippen molar-refractivity contribution in [1.82, 2.24) is 24.5 Å². The van der Waals surface area contributed by atoms with Crippen LogP contribution in [0.5, 0.6) is 0 Å². The Morgan fingerprint density at radius 2 is 2.25 bits per heavy atom. The number of nitrogens with zero attached hydrogens (tertiary/aromatic N) is 5. The molecule has 24 heavy (non-hydrogen) atoms. The number of hydrogen-bond acceptors (Lipinski definition) is 4. The van der Waals surface area contributed by atoms with E-state index in [4.69, 9.17) is 5.11 Å². The summed E-state index contributed by atoms with van der Waals surface area (Å²) in [6.07, 6.45) is 8.98. The maximum absolute atomic E-state index is 11.0. The molecule has 0 saturated carbocycles. The van der Waals surface area contributed by atoms with Gasteiger partial charge in [-0.1, -0.05) is 0 Å². The monoisotopic (exact) mass is 331 g/mol. The van der Waals surface area contributed by atoms with E-state index in [0.29, 0.717) is 5.92 Å². The van der Waals surface area contributed by atoms with Crippen molar-refractivity contribution in [1.29, 1.82) is 0 Å². The molecule has 2 aromatic rings. The molecule has 0 aromatic carbocycles. The Hall–Kier alpha value is -2.15. The van der Waals surface area contributed by atoms with Gasteiger partial charge in [0.1, 0.15) is 6.54 Å². The van der Waals surface area contributed by atoms with Gasteiger partial charge < -0.3 is 10.0 Å². The lowest BCUT2D eigenvalue weighted by Gasteiger charge is -2.32. The zero-order valence-electron chi connectivity index (χ0n) is 14.1. The fraction of sp³-hybridized carbons (Fsp3) is 0.588. The molecule has 1 aliphatic rings. The van der Waals surface area contributed by atoms with Crippen molar-refractivity contribution in [2.75, 3.05) is 19.6 Å². The lowest BCUT2D eigenvalue weighted by Crippen LogP contribution is -2.36. The highest BCUT2D eigenvalue weighted by atomic mass is 16.4. The van der Waals surface area contributed by atoms with Crippen LogP contribution < -0.4 is 0 Å². The maximum atomic E-state index is 11.0. The van der Waals surface area contributed by atoms with Crippen LogP contribution in [0.3, 0.4) is 0 Å². The summed E-state index contributed by atoms with van der Waals surface area (Å²) in [7, 11) is 0. The standard InChI is InChI=1S/C17H25N5O2/c1-14-10-19-21(11-14)9-3-8-20-7-2-4-15(12-20)16-5-6-18-22(16)13-17(23)24/h5-6,10-11,15H,2-4,7-9,12-13H2,1H3,(H,23,24)/t15-/m1/s1. The maximum Gasteiger partial charge on any atom is 0.325 e. The Balaban J connectivity index is 1.52. The summed E-state index contributed by atoms with van der Waals surface area (Å²) in [4.78, 5) is 13.4. The fourth-order valence-electron chi connectivity index (χ4n) is 3.50. The molecule has 7 nitrogen and oxygen atoms in total. The van der Waals surface area contributed by atoms with E-state index in [0.717, 1.165) is 51.1 Å². The molecular weight excluding hydrogens is 306 g/mol. The Labute approximate surface area is 141 Å². The third-order valence-corrected chi connectivity index (χ3v) is 4.58. The first kappa shape index (κ1) is 16.7. The van der Waals surface area contributed by atoms with Gasteiger partial charge in [-0.3, -0.25) is 14.2 Å². The van der Waals surface area contributed by atoms with E-state index in [-0.39, 0.29) is 6.54 Å². The molecule has 1 N–H and O–H groups in total. The molecule has 0 spiro atoms. The lowest BCUT2D eigenvalue weighted by atomic mass is 9.94. The first-order valence-electron chi connectivity index (χ1n) is 8.57. The van der Waals surface area contributed by atoms with E-state index in [2.05, 4.69) is 28.2 Å². The highest BCUT2D eigenvalue weighted by Crippen LogP contribution is 2.26. The van der Waals surface area contributed by atoms with Crippen molar-refractivity contribution in [2.45, 2.75) is 45.2 Å². The predicted molar refractivity (Wildman–Crippen MR) is 89.9 cm³/mol. The highest BCUT2D eigenvalue weighted by molar-refractivity contribution is 5.66. The second-order valence-corrected chi connectivity index (χ2v) is 6.58. The first-order chi connectivity index (χ1) is 11.6. The molecule has 1 aliphatic heterocycles. The molecule has 1 fully saturated rings. The topological polar surface area (TPSA) is 76.2 Å². The number of rotatable bonds is 7. The van der Waals surface area contributed by atoms with Crippen molar-refractivity contribution in [2.24, 2.45) is 0 Å². The number of likely N-dealkylation sites (tertiary alicyclic amines) is 1. The summed E-state index contributed by atoms with van der Waals surface area (Å²) in [5.74, 6) is -0.477. The Bertz CT molecular complexity index is 678. The van der Waals surface area contributed by atoms with Crippen LogP contribution >= 0.6 is 0 Å². The average Bonchev–Trinajstić information content (AvgIpc) is 3.16. The van der Waals surface area contributed by atoms with Crippen LogP contribution in [-0.2, 0) is 17.9 Å². The van der Waals surface area contributed by atoms with Crippen LogP contribution in [0.25, 0.3) is 0 Å². The molecule has 1 atom stereocenters. The molecule has 7 heteroatoms. The SMILES string of the molecule is Cc1cnn(CCCN2CCC[C@@H](c3ccnn3CC(=O)O)C2)c1. The van der Waals surface area contributed by atoms with Gasteiger partial charge in [0.15, 0.2) is 0 Å². The van der Waals surface area contributed by atoms with Gasteiger partial charge in [0, 0.05) is 37.1 Å². The second kappa shape index (κ2) is 7.61. The number of piperidine rings is 1. The molecule has 0 radical (unpaired) electrons. The van der Waals surface area contributed by atoms with E-state index in [1.165, 1.54) is 5.56 Å². The van der Waals surface area contributed by atoms with Gasteiger partial charge in [-0.25, -0.2) is 0 Å². The van der Waals surface area contributed by atoms with Crippen LogP contribution in [0.1, 0.15) is 36.4 Å². The van der Waals surface area contributed by atoms with E-state index in [1.807, 2.05) is 16.9 Å². The summed E-state index contributed by atoms with van der Waals surface area (Å²) in [5, 5.41) is 17.5. The van der Waals surface area contributed by atoms with Crippen LogP contribution in [-0.4, -0.2) is 55.2 Å². The largest absolute Gasteiger partial charge is 0.480 e. The van der Waals surface area contributed by atoms with Crippen LogP contribution in [0, 0.1) is 6.92 Å². The van der Waals surface area contributed by atoms with Crippen molar-refractivity contribution in [3.63, 3.8) is 0 Å². The third-order valence-electron chi connectivity index (χ3n) is 4.58. The smallest absolute Gasteiger partial charge is 0.325 e. The van der Waals surface area contributed by atoms with Gasteiger partial charge in [-0.05, 0) is 50.9 Å². The molecule has 0 unspecified atom stereocenters. The van der Waals surface area contributed by atoms with Crippen molar-refractivity contribution >= 4 is 5.97 Å². The molecule has 0 amide bonds. The number of carbonyl (C=O) groups is 1. The van der Waals surface area contributed by atoms with Crippen LogP contribution in [0.2, 0.25) is 0 Å². The Kier molecular flexibility index (Phi) is 5.30. The van der Waals surface area contributed by atoms with E-state index in [1.54, 1.807) is 10.9 Å². The minimum atomic E-state index is -0.845. The Morgan fingerprint density at radius 1 is 1.38 bits per heavy atom. The summed E-state index contributed by atoms with van der Waals surface area (Å²) >= 11 is 0. The lowest BCUT2D eigenvalue weighted by molar-refractivity contribution is -0.137. The molecule has 1 saturated heterocycles. The number of carboxylic acid groups (broad SMARTS) is 1. The minimum Gasteiger partial charge on any atom is -0.480 e. The molecule has 3 rings (SSSR count). The summed E-state index contributed by atoms with van der Waals surface area (Å²) in [6.45, 7) is 6.07. The summed E-state index contributed by atoms with van der Waals surface area (Å²) in [6, 6.07) is 1.96. The Morgan fingerprint density at radius 3 is 3.00 bits per heavy atom. The first-order valence-corrected chi connectivity index (χ1v) is 8.57. The van der Waals surface area contributed by atoms with Crippen LogP contribution in [0.4, 0.5) is 0 Å². The number of aliphatic carboxylic acids is 1. The van der Waals surface area contributed by atoms with E-state index >= 15 is 0 Å². The van der Waals surface area contributed by atoms with Crippen molar-refractivity contribution in [3.05, 3.63) is 35.9 Å². The van der Waals surface area contributed by atoms with E-state index in [9.17, 15) is 4.79 Å². The van der Waals surface area contributed by atoms with Crippen molar-refractivity contribution < 1.29 is 9.90 Å². The number of aryl methyl sites for hydroxylation is 2. The zero-order valence-corrected chi connectivity index (χ0v) is 14.1. The number of hydrogen-bond donors (Lipinski definition) is 1. The third kappa shape index (κ3) is 4.23. The highest BCUT2D eigenvalue weighted by Gasteiger charge is 2.24. The molecule has 0 aliphatic carbocycles. The summed E-state index contributed by atoms with van der Waals surface area (Å²) in [5.41, 5.74) is 2.24. The van der Waals surface area contributed by atoms with Gasteiger partial charge in [0.25, 0.3) is 0 Å².